The summed E-state index contributed by atoms with van der Waals surface area (Å²) < 4.78 is 46.2. The predicted molar refractivity (Wildman–Crippen MR) is 138 cm³/mol. The maximum absolute atomic E-state index is 11.0. The van der Waals surface area contributed by atoms with Crippen LogP contribution < -0.4 is 22.9 Å². The fourth-order valence-corrected chi connectivity index (χ4v) is 6.12. The fraction of sp³-hybridized carbons (Fsp3) is 1.00. The predicted octanol–water partition coefficient (Wildman–Crippen LogP) is -8.84. The standard InChI is InChI=1S/C24H44N4O16/c25-1-5-17-9(29)13(33)21(37-5)42-18-6(2-26)39-23(15(35)11(18)31)44-20-8(4-28)40-24(16(36)12(20)32)43-19-7(3-27)38-22(41-17)14(34)10(19)30/h5-24,29-36H,1-4,25-28H2/t5-,6-,7-,8-,9-,10-,11-,12-,13-,14-,15-,16-,17-,18-,19-,20-,21-,22-,23-,24-/m0/s1. The highest BCUT2D eigenvalue weighted by Gasteiger charge is 2.56. The van der Waals surface area contributed by atoms with Gasteiger partial charge in [0, 0.05) is 26.2 Å². The first-order valence-electron chi connectivity index (χ1n) is 14.4. The van der Waals surface area contributed by atoms with Crippen molar-refractivity contribution >= 4 is 0 Å². The van der Waals surface area contributed by atoms with Gasteiger partial charge in [0.25, 0.3) is 0 Å². The summed E-state index contributed by atoms with van der Waals surface area (Å²) in [7, 11) is 0. The molecule has 44 heavy (non-hydrogen) atoms. The number of aliphatic hydroxyl groups is 8. The lowest BCUT2D eigenvalue weighted by Crippen LogP contribution is -2.69. The Balaban J connectivity index is 1.51. The molecule has 14 saturated heterocycles. The molecular formula is C24H44N4O16. The molecule has 8 bridgehead atoms. The van der Waals surface area contributed by atoms with Gasteiger partial charge >= 0.3 is 0 Å². The molecule has 20 nitrogen and oxygen atoms in total. The van der Waals surface area contributed by atoms with E-state index in [1.54, 1.807) is 0 Å². The quantitative estimate of drug-likeness (QED) is 0.135. The zero-order valence-electron chi connectivity index (χ0n) is 23.5. The van der Waals surface area contributed by atoms with Crippen molar-refractivity contribution in [1.29, 1.82) is 0 Å². The van der Waals surface area contributed by atoms with E-state index in [4.69, 9.17) is 60.8 Å². The maximum Gasteiger partial charge on any atom is 0.187 e. The third kappa shape index (κ3) is 6.25. The van der Waals surface area contributed by atoms with Gasteiger partial charge in [0.2, 0.25) is 0 Å². The molecule has 0 radical (unpaired) electrons. The van der Waals surface area contributed by atoms with Crippen LogP contribution in [-0.2, 0) is 37.9 Å². The second-order valence-electron chi connectivity index (χ2n) is 11.4. The van der Waals surface area contributed by atoms with Crippen LogP contribution in [0.25, 0.3) is 0 Å². The first-order valence-corrected chi connectivity index (χ1v) is 14.4. The second kappa shape index (κ2) is 14.1. The lowest BCUT2D eigenvalue weighted by molar-refractivity contribution is -0.398. The van der Waals surface area contributed by atoms with Gasteiger partial charge in [-0.15, -0.1) is 0 Å². The van der Waals surface area contributed by atoms with E-state index in [9.17, 15) is 40.9 Å². The summed E-state index contributed by atoms with van der Waals surface area (Å²) >= 11 is 0. The highest BCUT2D eigenvalue weighted by Crippen LogP contribution is 2.36. The van der Waals surface area contributed by atoms with Crippen LogP contribution in [0.1, 0.15) is 0 Å². The number of aliphatic hydroxyl groups excluding tert-OH is 8. The molecule has 256 valence electrons. The Morgan fingerprint density at radius 3 is 0.636 bits per heavy atom. The van der Waals surface area contributed by atoms with E-state index in [-0.39, 0.29) is 26.2 Å². The van der Waals surface area contributed by atoms with Crippen LogP contribution in [0.5, 0.6) is 0 Å². The average Bonchev–Trinajstić information content (AvgIpc) is 3.02. The highest BCUT2D eigenvalue weighted by atomic mass is 16.8. The summed E-state index contributed by atoms with van der Waals surface area (Å²) in [6.45, 7) is -1.18. The smallest absolute Gasteiger partial charge is 0.187 e. The van der Waals surface area contributed by atoms with Gasteiger partial charge in [0.1, 0.15) is 97.7 Å². The Labute approximate surface area is 251 Å². The lowest BCUT2D eigenvalue weighted by Gasteiger charge is -2.51. The molecule has 14 aliphatic rings. The first kappa shape index (κ1) is 34.5. The van der Waals surface area contributed by atoms with E-state index in [1.807, 2.05) is 0 Å². The van der Waals surface area contributed by atoms with Crippen LogP contribution in [-0.4, -0.2) is 190 Å². The van der Waals surface area contributed by atoms with Gasteiger partial charge in [-0.3, -0.25) is 0 Å². The van der Waals surface area contributed by atoms with Gasteiger partial charge in [0.15, 0.2) is 25.2 Å². The fourth-order valence-electron chi connectivity index (χ4n) is 6.12. The number of rotatable bonds is 4. The zero-order chi connectivity index (χ0) is 32.0. The van der Waals surface area contributed by atoms with Gasteiger partial charge in [-0.25, -0.2) is 0 Å². The molecule has 0 saturated carbocycles. The third-order valence-corrected chi connectivity index (χ3v) is 8.66. The Morgan fingerprint density at radius 2 is 0.477 bits per heavy atom. The molecule has 0 aromatic heterocycles. The molecule has 14 fully saturated rings. The molecular weight excluding hydrogens is 600 g/mol. The van der Waals surface area contributed by atoms with E-state index in [2.05, 4.69) is 0 Å². The molecule has 16 N–H and O–H groups in total. The molecule has 20 heteroatoms. The van der Waals surface area contributed by atoms with Gasteiger partial charge in [-0.1, -0.05) is 0 Å². The molecule has 14 aliphatic heterocycles. The lowest BCUT2D eigenvalue weighted by atomic mass is 9.94. The Bertz CT molecular complexity index is 795. The van der Waals surface area contributed by atoms with Gasteiger partial charge in [0.05, 0.1) is 0 Å². The summed E-state index contributed by atoms with van der Waals surface area (Å²) in [6.07, 6.45) is -31.5. The van der Waals surface area contributed by atoms with Gasteiger partial charge in [-0.2, -0.15) is 0 Å². The average molecular weight is 645 g/mol. The van der Waals surface area contributed by atoms with E-state index in [1.165, 1.54) is 0 Å². The van der Waals surface area contributed by atoms with Crippen molar-refractivity contribution in [3.63, 3.8) is 0 Å². The van der Waals surface area contributed by atoms with Crippen LogP contribution >= 0.6 is 0 Å². The van der Waals surface area contributed by atoms with Crippen molar-refractivity contribution in [3.05, 3.63) is 0 Å². The SMILES string of the molecule is NC[C@@H]1O[C@H]2O[C@@H]3[C@@H](O)[C@H](O)[C@H](O[C@@H]4[C@@H](O)[C@H](O)[C@H](O[C@@H]5[C@@H](O)[C@H](O)[C@H](O[C@@H]1[C@@H](O)[C@@H]2O)O[C@H]5CN)O[C@H]4CN)O[C@H]3CN. The van der Waals surface area contributed by atoms with Crippen LogP contribution in [0.4, 0.5) is 0 Å². The van der Waals surface area contributed by atoms with E-state index in [0.29, 0.717) is 0 Å². The molecule has 0 aliphatic carbocycles. The minimum atomic E-state index is -1.83. The summed E-state index contributed by atoms with van der Waals surface area (Å²) in [5, 5.41) is 87.7. The molecule has 20 atom stereocenters. The monoisotopic (exact) mass is 644 g/mol. The Hall–Kier alpha value is -0.800. The summed E-state index contributed by atoms with van der Waals surface area (Å²) in [4.78, 5) is 0. The van der Waals surface area contributed by atoms with Crippen molar-refractivity contribution in [3.8, 4) is 0 Å². The molecule has 0 spiro atoms. The number of hydrogen-bond acceptors (Lipinski definition) is 20. The van der Waals surface area contributed by atoms with Crippen LogP contribution in [0.2, 0.25) is 0 Å². The normalized spacial score (nSPS) is 55.4. The zero-order valence-corrected chi connectivity index (χ0v) is 23.5. The molecule has 0 amide bonds. The number of hydrogen-bond donors (Lipinski definition) is 12. The topological polar surface area (TPSA) is 340 Å². The van der Waals surface area contributed by atoms with Gasteiger partial charge in [-0.05, 0) is 0 Å². The molecule has 0 unspecified atom stereocenters. The summed E-state index contributed by atoms with van der Waals surface area (Å²) in [6, 6.07) is 0. The molecule has 14 rings (SSSR count). The Kier molecular flexibility index (Phi) is 11.1. The minimum Gasteiger partial charge on any atom is -0.387 e. The van der Waals surface area contributed by atoms with Crippen molar-refractivity contribution in [2.75, 3.05) is 26.2 Å². The highest BCUT2D eigenvalue weighted by molar-refractivity contribution is 4.99. The third-order valence-electron chi connectivity index (χ3n) is 8.66. The minimum absolute atomic E-state index is 0.294. The summed E-state index contributed by atoms with van der Waals surface area (Å²) in [5.41, 5.74) is 23.4. The van der Waals surface area contributed by atoms with Crippen molar-refractivity contribution in [2.24, 2.45) is 22.9 Å². The molecule has 14 heterocycles. The van der Waals surface area contributed by atoms with Crippen molar-refractivity contribution < 1.29 is 78.7 Å². The van der Waals surface area contributed by atoms with E-state index in [0.717, 1.165) is 0 Å². The second-order valence-corrected chi connectivity index (χ2v) is 11.4. The first-order chi connectivity index (χ1) is 20.9. The van der Waals surface area contributed by atoms with Crippen LogP contribution in [0.3, 0.4) is 0 Å². The molecule has 0 aromatic rings. The van der Waals surface area contributed by atoms with Crippen LogP contribution in [0.15, 0.2) is 0 Å². The Morgan fingerprint density at radius 1 is 0.295 bits per heavy atom. The van der Waals surface area contributed by atoms with Crippen molar-refractivity contribution in [1.82, 2.24) is 0 Å². The summed E-state index contributed by atoms with van der Waals surface area (Å²) in [5.74, 6) is 0. The number of ether oxygens (including phenoxy) is 8. The van der Waals surface area contributed by atoms with Crippen molar-refractivity contribution in [2.45, 2.75) is 123 Å². The maximum atomic E-state index is 11.0. The number of nitrogens with two attached hydrogens (primary N) is 4. The largest absolute Gasteiger partial charge is 0.387 e. The molecule has 0 aromatic carbocycles. The van der Waals surface area contributed by atoms with E-state index >= 15 is 0 Å². The van der Waals surface area contributed by atoms with Crippen LogP contribution in [0, 0.1) is 0 Å². The van der Waals surface area contributed by atoms with Gasteiger partial charge < -0.3 is 102 Å². The van der Waals surface area contributed by atoms with E-state index < -0.39 is 123 Å².